The molecule has 162 valence electrons. The Balaban J connectivity index is 1.14. The summed E-state index contributed by atoms with van der Waals surface area (Å²) < 4.78 is 0. The van der Waals surface area contributed by atoms with Gasteiger partial charge in [-0.15, -0.1) is 0 Å². The Hall–Kier alpha value is -2.96. The fraction of sp³-hybridized carbons (Fsp3) is 0.385. The molecule has 4 N–H and O–H groups in total. The molecule has 0 bridgehead atoms. The molecular weight excluding hydrogens is 396 g/mol. The Labute approximate surface area is 187 Å². The maximum Gasteiger partial charge on any atom is 0.124 e. The van der Waals surface area contributed by atoms with E-state index < -0.39 is 0 Å². The van der Waals surface area contributed by atoms with Crippen LogP contribution in [0.5, 0.6) is 0 Å². The van der Waals surface area contributed by atoms with Crippen LogP contribution in [-0.4, -0.2) is 32.0 Å². The molecule has 32 heavy (non-hydrogen) atoms. The highest BCUT2D eigenvalue weighted by Crippen LogP contribution is 2.45. The molecule has 6 heteroatoms. The quantitative estimate of drug-likeness (QED) is 0.377. The molecule has 1 aliphatic carbocycles. The molecule has 1 saturated carbocycles. The number of fused-ring (bicyclic) bond motifs is 2. The molecule has 2 aliphatic heterocycles. The third-order valence-corrected chi connectivity index (χ3v) is 7.54. The van der Waals surface area contributed by atoms with Gasteiger partial charge >= 0.3 is 0 Å². The molecular formula is C26H28N6. The van der Waals surface area contributed by atoms with Crippen LogP contribution >= 0.6 is 0 Å². The zero-order valence-electron chi connectivity index (χ0n) is 18.2. The predicted molar refractivity (Wildman–Crippen MR) is 126 cm³/mol. The Morgan fingerprint density at radius 1 is 0.750 bits per heavy atom. The number of aromatic nitrogens is 4. The van der Waals surface area contributed by atoms with Crippen molar-refractivity contribution in [1.82, 2.24) is 30.6 Å². The van der Waals surface area contributed by atoms with E-state index in [1.54, 1.807) is 0 Å². The second-order valence-corrected chi connectivity index (χ2v) is 9.87. The lowest BCUT2D eigenvalue weighted by Gasteiger charge is -2.09. The van der Waals surface area contributed by atoms with E-state index in [2.05, 4.69) is 63.9 Å². The number of hydrogen-bond donors (Lipinski definition) is 4. The highest BCUT2D eigenvalue weighted by atomic mass is 15.1. The monoisotopic (exact) mass is 424 g/mol. The van der Waals surface area contributed by atoms with Gasteiger partial charge in [0, 0.05) is 35.6 Å². The van der Waals surface area contributed by atoms with Gasteiger partial charge in [-0.2, -0.15) is 0 Å². The Morgan fingerprint density at radius 3 is 1.97 bits per heavy atom. The minimum absolute atomic E-state index is 0.339. The topological polar surface area (TPSA) is 81.4 Å². The summed E-state index contributed by atoms with van der Waals surface area (Å²) in [7, 11) is 0. The van der Waals surface area contributed by atoms with Crippen molar-refractivity contribution < 1.29 is 0 Å². The van der Waals surface area contributed by atoms with Gasteiger partial charge < -0.3 is 20.6 Å². The van der Waals surface area contributed by atoms with Crippen molar-refractivity contribution in [2.75, 3.05) is 0 Å². The van der Waals surface area contributed by atoms with Crippen LogP contribution in [0.4, 0.5) is 0 Å². The van der Waals surface area contributed by atoms with E-state index in [0.29, 0.717) is 18.1 Å². The molecule has 0 amide bonds. The summed E-state index contributed by atoms with van der Waals surface area (Å²) in [6.07, 6.45) is 8.97. The minimum Gasteiger partial charge on any atom is -0.347 e. The first-order valence-corrected chi connectivity index (χ1v) is 11.9. The number of H-pyrrole nitrogens is 2. The van der Waals surface area contributed by atoms with E-state index in [0.717, 1.165) is 52.5 Å². The first-order chi connectivity index (χ1) is 15.7. The van der Waals surface area contributed by atoms with E-state index >= 15 is 0 Å². The van der Waals surface area contributed by atoms with Gasteiger partial charge in [-0.1, -0.05) is 24.3 Å². The predicted octanol–water partition coefficient (Wildman–Crippen LogP) is 4.86. The molecule has 7 rings (SSSR count). The number of nitrogens with one attached hydrogen (secondary N) is 4. The number of piperidine rings is 1. The fourth-order valence-electron chi connectivity index (χ4n) is 5.56. The first-order valence-electron chi connectivity index (χ1n) is 11.9. The molecule has 0 spiro atoms. The Kier molecular flexibility index (Phi) is 4.08. The van der Waals surface area contributed by atoms with Crippen LogP contribution in [0.15, 0.2) is 48.8 Å². The molecule has 6 nitrogen and oxygen atoms in total. The molecule has 4 aromatic rings. The van der Waals surface area contributed by atoms with Gasteiger partial charge in [0.15, 0.2) is 0 Å². The standard InChI is InChI=1S/C26H28N6/c1-14-2-7-20(29-14)25-27-12-23(31-25)17-5-3-16-9-18(6-4-15(16)8-17)24-13-28-26(32-24)22-11-19-10-21(19)30-22/h3-6,8-9,12-14,19-22,29-30H,2,7,10-11H2,1H3,(H,27,31)(H,28,32)/t14-,19+,20-,21+,22-/m0/s1. The van der Waals surface area contributed by atoms with Gasteiger partial charge in [-0.3, -0.25) is 0 Å². The molecule has 2 aromatic carbocycles. The number of imidazole rings is 2. The van der Waals surface area contributed by atoms with E-state index in [1.807, 2.05) is 12.4 Å². The van der Waals surface area contributed by atoms with E-state index in [-0.39, 0.29) is 0 Å². The Bertz CT molecular complexity index is 1210. The molecule has 3 aliphatic rings. The van der Waals surface area contributed by atoms with Gasteiger partial charge in [0.05, 0.1) is 23.5 Å². The summed E-state index contributed by atoms with van der Waals surface area (Å²) in [6, 6.07) is 15.2. The highest BCUT2D eigenvalue weighted by Gasteiger charge is 2.46. The molecule has 0 radical (unpaired) electrons. The summed E-state index contributed by atoms with van der Waals surface area (Å²) >= 11 is 0. The summed E-state index contributed by atoms with van der Waals surface area (Å²) in [5.41, 5.74) is 4.32. The lowest BCUT2D eigenvalue weighted by Crippen LogP contribution is -2.21. The van der Waals surface area contributed by atoms with Gasteiger partial charge in [0.2, 0.25) is 0 Å². The molecule has 3 fully saturated rings. The Morgan fingerprint density at radius 2 is 1.41 bits per heavy atom. The van der Waals surface area contributed by atoms with Crippen molar-refractivity contribution in [3.8, 4) is 22.5 Å². The van der Waals surface area contributed by atoms with Crippen molar-refractivity contribution in [2.45, 2.75) is 56.8 Å². The van der Waals surface area contributed by atoms with Crippen molar-refractivity contribution in [1.29, 1.82) is 0 Å². The number of aromatic amines is 2. The van der Waals surface area contributed by atoms with Gasteiger partial charge in [-0.25, -0.2) is 9.97 Å². The average Bonchev–Trinajstić information content (AvgIpc) is 3.37. The van der Waals surface area contributed by atoms with Crippen molar-refractivity contribution in [3.05, 3.63) is 60.4 Å². The summed E-state index contributed by atoms with van der Waals surface area (Å²) in [6.45, 7) is 2.24. The number of benzene rings is 2. The zero-order chi connectivity index (χ0) is 21.2. The van der Waals surface area contributed by atoms with E-state index in [1.165, 1.54) is 30.0 Å². The van der Waals surface area contributed by atoms with Crippen molar-refractivity contribution in [2.24, 2.45) is 5.92 Å². The van der Waals surface area contributed by atoms with Gasteiger partial charge in [-0.05, 0) is 61.4 Å². The van der Waals surface area contributed by atoms with Crippen molar-refractivity contribution in [3.63, 3.8) is 0 Å². The van der Waals surface area contributed by atoms with Crippen LogP contribution in [0.25, 0.3) is 33.3 Å². The van der Waals surface area contributed by atoms with Crippen LogP contribution in [0.2, 0.25) is 0 Å². The van der Waals surface area contributed by atoms with E-state index in [9.17, 15) is 0 Å². The minimum atomic E-state index is 0.339. The summed E-state index contributed by atoms with van der Waals surface area (Å²) in [5, 5.41) is 9.72. The summed E-state index contributed by atoms with van der Waals surface area (Å²) in [5.74, 6) is 2.98. The highest BCUT2D eigenvalue weighted by molar-refractivity contribution is 5.90. The van der Waals surface area contributed by atoms with Crippen LogP contribution in [0.3, 0.4) is 0 Å². The molecule has 2 saturated heterocycles. The van der Waals surface area contributed by atoms with Crippen molar-refractivity contribution >= 4 is 10.8 Å². The zero-order valence-corrected chi connectivity index (χ0v) is 18.2. The van der Waals surface area contributed by atoms with Crippen LogP contribution in [0, 0.1) is 5.92 Å². The van der Waals surface area contributed by atoms with Gasteiger partial charge in [0.25, 0.3) is 0 Å². The van der Waals surface area contributed by atoms with E-state index in [4.69, 9.17) is 9.97 Å². The maximum absolute atomic E-state index is 4.90. The second kappa shape index (κ2) is 7.02. The molecule has 0 unspecified atom stereocenters. The maximum atomic E-state index is 4.90. The largest absolute Gasteiger partial charge is 0.347 e. The van der Waals surface area contributed by atoms with Crippen LogP contribution < -0.4 is 10.6 Å². The molecule has 4 heterocycles. The molecule has 5 atom stereocenters. The fourth-order valence-corrected chi connectivity index (χ4v) is 5.56. The number of hydrogen-bond acceptors (Lipinski definition) is 4. The van der Waals surface area contributed by atoms with Crippen LogP contribution in [0.1, 0.15) is 56.3 Å². The lowest BCUT2D eigenvalue weighted by molar-refractivity contribution is 0.543. The number of nitrogens with zero attached hydrogens (tertiary/aromatic N) is 2. The number of rotatable bonds is 4. The third kappa shape index (κ3) is 3.17. The first kappa shape index (κ1) is 18.6. The van der Waals surface area contributed by atoms with Gasteiger partial charge in [0.1, 0.15) is 11.6 Å². The van der Waals surface area contributed by atoms with Crippen LogP contribution in [-0.2, 0) is 0 Å². The lowest BCUT2D eigenvalue weighted by atomic mass is 10.0. The molecule has 2 aromatic heterocycles. The average molecular weight is 425 g/mol. The second-order valence-electron chi connectivity index (χ2n) is 9.87. The SMILES string of the molecule is C[C@H]1CC[C@@H](c2nc(-c3ccc4cc(-c5c[nH]c([C@@H]6C[C@H]7C[C@H]7N6)n5)ccc4c3)c[nH]2)N1. The summed E-state index contributed by atoms with van der Waals surface area (Å²) in [4.78, 5) is 16.6. The smallest absolute Gasteiger partial charge is 0.124 e. The third-order valence-electron chi connectivity index (χ3n) is 7.54. The normalized spacial score (nSPS) is 29.0.